The minimum atomic E-state index is -1.31. The van der Waals surface area contributed by atoms with E-state index in [2.05, 4.69) is 15.3 Å². The number of azide groups is 1. The molecule has 0 spiro atoms. The Labute approximate surface area is 152 Å². The quantitative estimate of drug-likeness (QED) is 0.343. The largest absolute Gasteiger partial charge is 0.497 e. The summed E-state index contributed by atoms with van der Waals surface area (Å²) in [5, 5.41) is 6.10. The average molecular weight is 364 g/mol. The Morgan fingerprint density at radius 2 is 2.04 bits per heavy atom. The Kier molecular flexibility index (Phi) is 7.74. The van der Waals surface area contributed by atoms with Gasteiger partial charge in [0.15, 0.2) is 6.04 Å². The molecule has 0 heterocycles. The fourth-order valence-corrected chi connectivity index (χ4v) is 2.15. The maximum atomic E-state index is 12.3. The van der Waals surface area contributed by atoms with E-state index in [9.17, 15) is 9.59 Å². The number of nitrogens with one attached hydrogen (secondary N) is 1. The maximum absolute atomic E-state index is 12.3. The number of amides is 1. The predicted octanol–water partition coefficient (Wildman–Crippen LogP) is 3.50. The zero-order valence-corrected chi connectivity index (χ0v) is 15.6. The molecular formula is C17H24N4O5. The van der Waals surface area contributed by atoms with E-state index in [0.717, 1.165) is 0 Å². The van der Waals surface area contributed by atoms with Crippen molar-refractivity contribution >= 4 is 12.1 Å². The van der Waals surface area contributed by atoms with E-state index in [1.165, 1.54) is 7.11 Å². The van der Waals surface area contributed by atoms with Crippen LogP contribution in [0.1, 0.15) is 39.3 Å². The summed E-state index contributed by atoms with van der Waals surface area (Å²) in [7, 11) is 1.49. The van der Waals surface area contributed by atoms with Gasteiger partial charge in [0.1, 0.15) is 11.4 Å². The van der Waals surface area contributed by atoms with E-state index in [1.807, 2.05) is 0 Å². The molecule has 26 heavy (non-hydrogen) atoms. The van der Waals surface area contributed by atoms with Gasteiger partial charge >= 0.3 is 12.1 Å². The molecule has 1 N–H and O–H groups in total. The predicted molar refractivity (Wildman–Crippen MR) is 94.7 cm³/mol. The van der Waals surface area contributed by atoms with Gasteiger partial charge in [-0.05, 0) is 50.9 Å². The van der Waals surface area contributed by atoms with Gasteiger partial charge in [-0.15, -0.1) is 0 Å². The van der Waals surface area contributed by atoms with E-state index in [0.29, 0.717) is 11.3 Å². The smallest absolute Gasteiger partial charge is 0.408 e. The summed E-state index contributed by atoms with van der Waals surface area (Å²) in [6.45, 7) is 6.87. The van der Waals surface area contributed by atoms with E-state index < -0.39 is 29.7 Å². The van der Waals surface area contributed by atoms with Gasteiger partial charge in [0.2, 0.25) is 0 Å². The molecule has 0 aliphatic rings. The molecule has 1 aromatic rings. The summed E-state index contributed by atoms with van der Waals surface area (Å²) in [6.07, 6.45) is -0.757. The van der Waals surface area contributed by atoms with Crippen LogP contribution in [0.4, 0.5) is 4.79 Å². The second kappa shape index (κ2) is 9.53. The molecule has 1 amide bonds. The van der Waals surface area contributed by atoms with Crippen molar-refractivity contribution in [2.75, 3.05) is 13.7 Å². The minimum Gasteiger partial charge on any atom is -0.497 e. The van der Waals surface area contributed by atoms with Gasteiger partial charge in [-0.2, -0.15) is 0 Å². The Morgan fingerprint density at radius 1 is 1.35 bits per heavy atom. The number of nitrogens with zero attached hydrogens (tertiary/aromatic N) is 3. The third-order valence-electron chi connectivity index (χ3n) is 3.15. The molecular weight excluding hydrogens is 340 g/mol. The van der Waals surface area contributed by atoms with Gasteiger partial charge in [0, 0.05) is 4.91 Å². The highest BCUT2D eigenvalue weighted by Crippen LogP contribution is 2.25. The van der Waals surface area contributed by atoms with Crippen LogP contribution in [0.3, 0.4) is 0 Å². The highest BCUT2D eigenvalue weighted by molar-refractivity contribution is 5.79. The van der Waals surface area contributed by atoms with Crippen LogP contribution in [-0.2, 0) is 14.3 Å². The van der Waals surface area contributed by atoms with Crippen LogP contribution in [0.5, 0.6) is 5.75 Å². The van der Waals surface area contributed by atoms with Crippen molar-refractivity contribution in [3.63, 3.8) is 0 Å². The number of esters is 1. The standard InChI is InChI=1S/C17H24N4O5/c1-6-25-15(22)14(20-21-18)13(19-16(23)26-17(2,3)4)11-8-7-9-12(10-11)24-5/h7-10,13-14H,6H2,1-5H3,(H,19,23)/t13-,14-/m0/s1. The molecule has 1 aromatic carbocycles. The van der Waals surface area contributed by atoms with E-state index >= 15 is 0 Å². The third-order valence-corrected chi connectivity index (χ3v) is 3.15. The van der Waals surface area contributed by atoms with Crippen molar-refractivity contribution in [3.8, 4) is 5.75 Å². The zero-order chi connectivity index (χ0) is 19.7. The molecule has 9 heteroatoms. The molecule has 0 radical (unpaired) electrons. The van der Waals surface area contributed by atoms with Crippen molar-refractivity contribution in [1.29, 1.82) is 0 Å². The van der Waals surface area contributed by atoms with Crippen molar-refractivity contribution in [2.45, 2.75) is 45.4 Å². The van der Waals surface area contributed by atoms with Gasteiger partial charge in [-0.3, -0.25) is 4.79 Å². The number of carbonyl (C=O) groups is 2. The second-order valence-electron chi connectivity index (χ2n) is 6.30. The Hall–Kier alpha value is -2.93. The van der Waals surface area contributed by atoms with Gasteiger partial charge in [-0.25, -0.2) is 4.79 Å². The first-order valence-electron chi connectivity index (χ1n) is 8.06. The molecule has 0 unspecified atom stereocenters. The Morgan fingerprint density at radius 3 is 2.58 bits per heavy atom. The molecule has 142 valence electrons. The number of carbonyl (C=O) groups excluding carboxylic acids is 2. The molecule has 0 saturated carbocycles. The topological polar surface area (TPSA) is 123 Å². The van der Waals surface area contributed by atoms with Crippen LogP contribution in [0.25, 0.3) is 10.4 Å². The lowest BCUT2D eigenvalue weighted by molar-refractivity contribution is -0.145. The lowest BCUT2D eigenvalue weighted by atomic mass is 9.99. The van der Waals surface area contributed by atoms with Crippen molar-refractivity contribution < 1.29 is 23.8 Å². The van der Waals surface area contributed by atoms with Crippen molar-refractivity contribution in [3.05, 3.63) is 40.3 Å². The third kappa shape index (κ3) is 6.52. The average Bonchev–Trinajstić information content (AvgIpc) is 2.56. The highest BCUT2D eigenvalue weighted by atomic mass is 16.6. The second-order valence-corrected chi connectivity index (χ2v) is 6.30. The molecule has 0 saturated heterocycles. The Bertz CT molecular complexity index is 680. The van der Waals surface area contributed by atoms with Gasteiger partial charge in [0.25, 0.3) is 0 Å². The first kappa shape index (κ1) is 21.1. The van der Waals surface area contributed by atoms with E-state index in [1.54, 1.807) is 52.0 Å². The first-order chi connectivity index (χ1) is 12.2. The van der Waals surface area contributed by atoms with Gasteiger partial charge in [0.05, 0.1) is 19.8 Å². The fraction of sp³-hybridized carbons (Fsp3) is 0.529. The zero-order valence-electron chi connectivity index (χ0n) is 15.6. The number of hydrogen-bond acceptors (Lipinski definition) is 6. The molecule has 0 fully saturated rings. The molecule has 2 atom stereocenters. The van der Waals surface area contributed by atoms with Crippen LogP contribution in [0.15, 0.2) is 29.4 Å². The Balaban J connectivity index is 3.27. The summed E-state index contributed by atoms with van der Waals surface area (Å²) in [5.74, 6) is -0.240. The molecule has 0 aliphatic carbocycles. The van der Waals surface area contributed by atoms with Crippen molar-refractivity contribution in [2.24, 2.45) is 5.11 Å². The van der Waals surface area contributed by atoms with Gasteiger partial charge in [-0.1, -0.05) is 17.2 Å². The van der Waals surface area contributed by atoms with Crippen LogP contribution in [0, 0.1) is 0 Å². The maximum Gasteiger partial charge on any atom is 0.408 e. The summed E-state index contributed by atoms with van der Waals surface area (Å²) in [4.78, 5) is 27.2. The monoisotopic (exact) mass is 364 g/mol. The number of rotatable bonds is 7. The lowest BCUT2D eigenvalue weighted by Crippen LogP contribution is -2.42. The number of methoxy groups -OCH3 is 1. The van der Waals surface area contributed by atoms with Gasteiger partial charge < -0.3 is 19.5 Å². The number of hydrogen-bond donors (Lipinski definition) is 1. The molecule has 1 rings (SSSR count). The summed E-state index contributed by atoms with van der Waals surface area (Å²) >= 11 is 0. The molecule has 9 nitrogen and oxygen atoms in total. The number of alkyl carbamates (subject to hydrolysis) is 1. The number of benzene rings is 1. The van der Waals surface area contributed by atoms with Crippen LogP contribution >= 0.6 is 0 Å². The first-order valence-corrected chi connectivity index (χ1v) is 8.06. The fourth-order valence-electron chi connectivity index (χ4n) is 2.15. The van der Waals surface area contributed by atoms with E-state index in [4.69, 9.17) is 19.7 Å². The van der Waals surface area contributed by atoms with Crippen molar-refractivity contribution in [1.82, 2.24) is 5.32 Å². The summed E-state index contributed by atoms with van der Waals surface area (Å²) in [5.41, 5.74) is 8.62. The normalized spacial score (nSPS) is 13.0. The minimum absolute atomic E-state index is 0.105. The summed E-state index contributed by atoms with van der Waals surface area (Å²) in [6, 6.07) is 4.40. The van der Waals surface area contributed by atoms with Crippen LogP contribution in [0.2, 0.25) is 0 Å². The van der Waals surface area contributed by atoms with Crippen LogP contribution < -0.4 is 10.1 Å². The number of ether oxygens (including phenoxy) is 3. The summed E-state index contributed by atoms with van der Waals surface area (Å²) < 4.78 is 15.4. The SMILES string of the molecule is CCOC(=O)[C@@H](N=[N+]=[N-])[C@@H](NC(=O)OC(C)(C)C)c1cccc(OC)c1. The van der Waals surface area contributed by atoms with E-state index in [-0.39, 0.29) is 6.61 Å². The molecule has 0 aromatic heterocycles. The molecule has 0 bridgehead atoms. The highest BCUT2D eigenvalue weighted by Gasteiger charge is 2.33. The molecule has 0 aliphatic heterocycles. The lowest BCUT2D eigenvalue weighted by Gasteiger charge is -2.26. The van der Waals surface area contributed by atoms with Crippen LogP contribution in [-0.4, -0.2) is 37.4 Å².